The lowest BCUT2D eigenvalue weighted by atomic mass is 9.90. The Morgan fingerprint density at radius 3 is 2.28 bits per heavy atom. The minimum absolute atomic E-state index is 0.0917. The third kappa shape index (κ3) is 3.94. The first kappa shape index (κ1) is 17.7. The second-order valence-corrected chi connectivity index (χ2v) is 8.03. The quantitative estimate of drug-likeness (QED) is 0.850. The highest BCUT2D eigenvalue weighted by Gasteiger charge is 2.58. The lowest BCUT2D eigenvalue weighted by molar-refractivity contribution is -0.127. The molecule has 4 nitrogen and oxygen atoms in total. The molecule has 0 aromatic heterocycles. The average molecular weight is 340 g/mol. The van der Waals surface area contributed by atoms with E-state index in [4.69, 9.17) is 0 Å². The monoisotopic (exact) mass is 340 g/mol. The van der Waals surface area contributed by atoms with Gasteiger partial charge in [0, 0.05) is 30.8 Å². The van der Waals surface area contributed by atoms with Crippen molar-refractivity contribution in [2.75, 3.05) is 18.4 Å². The Kier molecular flexibility index (Phi) is 4.72. The zero-order chi connectivity index (χ0) is 18.2. The molecular weight excluding hydrogens is 312 g/mol. The molecule has 1 saturated carbocycles. The number of rotatable bonds is 3. The molecule has 1 aromatic rings. The topological polar surface area (TPSA) is 49.4 Å². The van der Waals surface area contributed by atoms with Crippen molar-refractivity contribution in [3.05, 3.63) is 41.0 Å². The molecule has 1 aliphatic carbocycles. The van der Waals surface area contributed by atoms with Crippen LogP contribution in [-0.4, -0.2) is 29.8 Å². The number of piperidine rings is 1. The molecule has 1 N–H and O–H groups in total. The van der Waals surface area contributed by atoms with Crippen LogP contribution in [0.2, 0.25) is 0 Å². The van der Waals surface area contributed by atoms with E-state index in [1.165, 1.54) is 0 Å². The lowest BCUT2D eigenvalue weighted by Crippen LogP contribution is -2.39. The van der Waals surface area contributed by atoms with Gasteiger partial charge in [-0.05, 0) is 75.6 Å². The molecule has 25 heavy (non-hydrogen) atoms. The Labute approximate surface area is 150 Å². The van der Waals surface area contributed by atoms with Gasteiger partial charge in [0.2, 0.25) is 11.8 Å². The highest BCUT2D eigenvalue weighted by molar-refractivity contribution is 5.95. The summed E-state index contributed by atoms with van der Waals surface area (Å²) in [5.41, 5.74) is 4.35. The van der Waals surface area contributed by atoms with Crippen LogP contribution >= 0.6 is 0 Å². The van der Waals surface area contributed by atoms with Crippen LogP contribution in [0.4, 0.5) is 5.69 Å². The van der Waals surface area contributed by atoms with Crippen LogP contribution in [0.1, 0.15) is 44.2 Å². The van der Waals surface area contributed by atoms with E-state index in [2.05, 4.69) is 11.4 Å². The number of nitrogens with zero attached hydrogens (tertiary/aromatic N) is 1. The van der Waals surface area contributed by atoms with Crippen LogP contribution in [0.25, 0.3) is 0 Å². The van der Waals surface area contributed by atoms with Crippen LogP contribution in [0.15, 0.2) is 29.8 Å². The summed E-state index contributed by atoms with van der Waals surface area (Å²) in [5.74, 6) is 0.329. The molecule has 3 rings (SSSR count). The maximum Gasteiger partial charge on any atom is 0.246 e. The molecule has 1 spiro atoms. The molecule has 0 bridgehead atoms. The Hall–Kier alpha value is -2.10. The zero-order valence-electron chi connectivity index (χ0n) is 15.7. The third-order valence-electron chi connectivity index (χ3n) is 5.48. The molecule has 1 aliphatic heterocycles. The fourth-order valence-corrected chi connectivity index (χ4v) is 4.06. The van der Waals surface area contributed by atoms with Crippen molar-refractivity contribution in [3.8, 4) is 0 Å². The van der Waals surface area contributed by atoms with Crippen molar-refractivity contribution in [1.29, 1.82) is 0 Å². The van der Waals surface area contributed by atoms with Gasteiger partial charge in [-0.2, -0.15) is 0 Å². The molecule has 0 unspecified atom stereocenters. The summed E-state index contributed by atoms with van der Waals surface area (Å²) < 4.78 is 0. The summed E-state index contributed by atoms with van der Waals surface area (Å²) >= 11 is 0. The number of likely N-dealkylation sites (tertiary alicyclic amines) is 1. The summed E-state index contributed by atoms with van der Waals surface area (Å²) in [6.45, 7) is 9.49. The van der Waals surface area contributed by atoms with Gasteiger partial charge in [-0.3, -0.25) is 9.59 Å². The first-order valence-electron chi connectivity index (χ1n) is 9.12. The normalized spacial score (nSPS) is 21.0. The summed E-state index contributed by atoms with van der Waals surface area (Å²) in [7, 11) is 0. The van der Waals surface area contributed by atoms with Gasteiger partial charge < -0.3 is 10.2 Å². The summed E-state index contributed by atoms with van der Waals surface area (Å²) in [5, 5.41) is 3.09. The highest BCUT2D eigenvalue weighted by atomic mass is 16.2. The molecule has 4 heteroatoms. The van der Waals surface area contributed by atoms with Gasteiger partial charge in [0.05, 0.1) is 0 Å². The van der Waals surface area contributed by atoms with Crippen molar-refractivity contribution in [2.45, 2.75) is 47.0 Å². The number of hydrogen-bond acceptors (Lipinski definition) is 2. The van der Waals surface area contributed by atoms with Crippen molar-refractivity contribution in [1.82, 2.24) is 4.90 Å². The van der Waals surface area contributed by atoms with Crippen LogP contribution in [0.5, 0.6) is 0 Å². The molecule has 1 atom stereocenters. The third-order valence-corrected chi connectivity index (χ3v) is 5.48. The summed E-state index contributed by atoms with van der Waals surface area (Å²) in [6.07, 6.45) is 4.52. The van der Waals surface area contributed by atoms with Gasteiger partial charge in [-0.15, -0.1) is 0 Å². The predicted octanol–water partition coefficient (Wildman–Crippen LogP) is 3.84. The van der Waals surface area contributed by atoms with E-state index in [-0.39, 0.29) is 23.1 Å². The number of anilines is 1. The number of allylic oxidation sites excluding steroid dienone is 1. The summed E-state index contributed by atoms with van der Waals surface area (Å²) in [6, 6.07) is 6.13. The van der Waals surface area contributed by atoms with Gasteiger partial charge in [-0.25, -0.2) is 0 Å². The second kappa shape index (κ2) is 6.66. The number of carbonyl (C=O) groups excluding carboxylic acids is 2. The minimum atomic E-state index is 0.0917. The van der Waals surface area contributed by atoms with Gasteiger partial charge in [0.1, 0.15) is 0 Å². The fourth-order valence-electron chi connectivity index (χ4n) is 4.06. The molecule has 2 aliphatic rings. The van der Waals surface area contributed by atoms with Crippen LogP contribution in [0, 0.1) is 25.2 Å². The van der Waals surface area contributed by atoms with E-state index >= 15 is 0 Å². The highest BCUT2D eigenvalue weighted by Crippen LogP contribution is 2.59. The van der Waals surface area contributed by atoms with Crippen LogP contribution in [-0.2, 0) is 9.59 Å². The lowest BCUT2D eigenvalue weighted by Gasteiger charge is -2.32. The molecule has 2 amide bonds. The number of benzene rings is 1. The smallest absolute Gasteiger partial charge is 0.246 e. The summed E-state index contributed by atoms with van der Waals surface area (Å²) in [4.78, 5) is 26.7. The van der Waals surface area contributed by atoms with Gasteiger partial charge in [0.25, 0.3) is 0 Å². The van der Waals surface area contributed by atoms with E-state index in [0.29, 0.717) is 0 Å². The molecule has 134 valence electrons. The standard InChI is InChI=1S/C21H28N2O2/c1-14(2)9-19(24)23-7-5-21(6-8-23)13-18(21)20(25)22-17-11-15(3)10-16(4)12-17/h9-12,18H,5-8,13H2,1-4H3,(H,22,25)/t18-/m1/s1. The van der Waals surface area contributed by atoms with E-state index in [0.717, 1.165) is 54.7 Å². The van der Waals surface area contributed by atoms with Crippen molar-refractivity contribution in [3.63, 3.8) is 0 Å². The second-order valence-electron chi connectivity index (χ2n) is 8.03. The predicted molar refractivity (Wildman–Crippen MR) is 100 cm³/mol. The molecule has 2 fully saturated rings. The maximum atomic E-state index is 12.6. The Morgan fingerprint density at radius 1 is 1.12 bits per heavy atom. The number of aryl methyl sites for hydroxylation is 2. The van der Waals surface area contributed by atoms with E-state index in [1.807, 2.05) is 44.7 Å². The Balaban J connectivity index is 1.56. The van der Waals surface area contributed by atoms with Gasteiger partial charge in [0.15, 0.2) is 0 Å². The molecule has 1 saturated heterocycles. The molecule has 1 aromatic carbocycles. The largest absolute Gasteiger partial charge is 0.339 e. The van der Waals surface area contributed by atoms with Crippen molar-refractivity contribution in [2.24, 2.45) is 11.3 Å². The Bertz CT molecular complexity index is 703. The number of carbonyl (C=O) groups is 2. The number of hydrogen-bond donors (Lipinski definition) is 1. The van der Waals surface area contributed by atoms with Crippen molar-refractivity contribution < 1.29 is 9.59 Å². The minimum Gasteiger partial charge on any atom is -0.339 e. The molecular formula is C21H28N2O2. The average Bonchev–Trinajstić information content (AvgIpc) is 3.20. The molecule has 0 radical (unpaired) electrons. The maximum absolute atomic E-state index is 12.6. The number of amides is 2. The SMILES string of the molecule is CC(C)=CC(=O)N1CCC2(CC1)C[C@@H]2C(=O)Nc1cc(C)cc(C)c1. The first-order valence-corrected chi connectivity index (χ1v) is 9.12. The van der Waals surface area contributed by atoms with Crippen LogP contribution in [0.3, 0.4) is 0 Å². The van der Waals surface area contributed by atoms with Crippen molar-refractivity contribution >= 4 is 17.5 Å². The first-order chi connectivity index (χ1) is 11.8. The van der Waals surface area contributed by atoms with Gasteiger partial charge >= 0.3 is 0 Å². The van der Waals surface area contributed by atoms with E-state index in [1.54, 1.807) is 6.08 Å². The van der Waals surface area contributed by atoms with E-state index < -0.39 is 0 Å². The van der Waals surface area contributed by atoms with Crippen LogP contribution < -0.4 is 5.32 Å². The fraction of sp³-hybridized carbons (Fsp3) is 0.524. The number of nitrogens with one attached hydrogen (secondary N) is 1. The zero-order valence-corrected chi connectivity index (χ0v) is 15.7. The molecule has 1 heterocycles. The Morgan fingerprint density at radius 2 is 1.72 bits per heavy atom. The van der Waals surface area contributed by atoms with Gasteiger partial charge in [-0.1, -0.05) is 11.6 Å². The van der Waals surface area contributed by atoms with E-state index in [9.17, 15) is 9.59 Å².